The van der Waals surface area contributed by atoms with Crippen molar-refractivity contribution >= 4 is 22.8 Å². The summed E-state index contributed by atoms with van der Waals surface area (Å²) >= 11 is 0. The van der Waals surface area contributed by atoms with Crippen LogP contribution < -0.4 is 0 Å². The van der Waals surface area contributed by atoms with Gasteiger partial charge in [-0.3, -0.25) is 14.5 Å². The first-order valence-corrected chi connectivity index (χ1v) is 7.54. The molecule has 1 saturated heterocycles. The minimum Gasteiger partial charge on any atom is -0.317 e. The molecule has 0 bridgehead atoms. The molecule has 0 unspecified atom stereocenters. The highest BCUT2D eigenvalue weighted by atomic mass is 16.2. The van der Waals surface area contributed by atoms with E-state index < -0.39 is 6.04 Å². The molecule has 2 aromatic carbocycles. The highest BCUT2D eigenvalue weighted by molar-refractivity contribution is 6.05. The first-order chi connectivity index (χ1) is 11.2. The van der Waals surface area contributed by atoms with Crippen LogP contribution in [0.1, 0.15) is 18.0 Å². The van der Waals surface area contributed by atoms with Crippen molar-refractivity contribution in [3.8, 4) is 0 Å². The Morgan fingerprint density at radius 1 is 1.00 bits per heavy atom. The number of para-hydroxylation sites is 2. The largest absolute Gasteiger partial charge is 0.317 e. The van der Waals surface area contributed by atoms with Gasteiger partial charge in [0.25, 0.3) is 5.91 Å². The molecule has 1 aliphatic rings. The van der Waals surface area contributed by atoms with E-state index in [4.69, 9.17) is 0 Å². The lowest BCUT2D eigenvalue weighted by molar-refractivity contribution is -0.139. The fraction of sp³-hybridized carbons (Fsp3) is 0.167. The van der Waals surface area contributed by atoms with Gasteiger partial charge in [0.05, 0.1) is 30.3 Å². The molecule has 2 amide bonds. The number of rotatable bonds is 3. The van der Waals surface area contributed by atoms with Gasteiger partial charge in [0.2, 0.25) is 5.91 Å². The zero-order valence-corrected chi connectivity index (χ0v) is 12.4. The van der Waals surface area contributed by atoms with E-state index >= 15 is 0 Å². The molecule has 0 aliphatic carbocycles. The number of imidazole rings is 1. The molecule has 0 saturated carbocycles. The van der Waals surface area contributed by atoms with Crippen LogP contribution in [0, 0.1) is 0 Å². The quantitative estimate of drug-likeness (QED) is 0.699. The fourth-order valence-corrected chi connectivity index (χ4v) is 3.04. The Morgan fingerprint density at radius 2 is 1.74 bits per heavy atom. The van der Waals surface area contributed by atoms with Crippen molar-refractivity contribution in [2.75, 3.05) is 0 Å². The zero-order chi connectivity index (χ0) is 15.8. The van der Waals surface area contributed by atoms with E-state index in [0.717, 1.165) is 16.6 Å². The van der Waals surface area contributed by atoms with Crippen LogP contribution in [0.15, 0.2) is 60.9 Å². The SMILES string of the molecule is O=C1C[C@H](n2cnc3ccccc32)C(=O)N1Cc1ccccc1. The summed E-state index contributed by atoms with van der Waals surface area (Å²) in [5, 5.41) is 0. The summed E-state index contributed by atoms with van der Waals surface area (Å²) in [6.07, 6.45) is 1.83. The maximum Gasteiger partial charge on any atom is 0.253 e. The average molecular weight is 305 g/mol. The third-order valence-electron chi connectivity index (χ3n) is 4.22. The second kappa shape index (κ2) is 5.35. The molecular weight excluding hydrogens is 290 g/mol. The molecule has 1 aliphatic heterocycles. The second-order valence-corrected chi connectivity index (χ2v) is 5.66. The van der Waals surface area contributed by atoms with Crippen LogP contribution in [-0.2, 0) is 16.1 Å². The van der Waals surface area contributed by atoms with E-state index in [1.807, 2.05) is 54.6 Å². The lowest BCUT2D eigenvalue weighted by Gasteiger charge is -2.15. The van der Waals surface area contributed by atoms with Crippen molar-refractivity contribution in [3.05, 3.63) is 66.5 Å². The minimum absolute atomic E-state index is 0.137. The van der Waals surface area contributed by atoms with Crippen molar-refractivity contribution < 1.29 is 9.59 Å². The normalized spacial score (nSPS) is 18.1. The standard InChI is InChI=1S/C18H15N3O2/c22-17-10-16(21-12-19-14-8-4-5-9-15(14)21)18(23)20(17)11-13-6-2-1-3-7-13/h1-9,12,16H,10-11H2/t16-/m0/s1. The van der Waals surface area contributed by atoms with Gasteiger partial charge in [-0.25, -0.2) is 4.98 Å². The molecule has 23 heavy (non-hydrogen) atoms. The molecule has 114 valence electrons. The summed E-state index contributed by atoms with van der Waals surface area (Å²) in [5.74, 6) is -0.302. The van der Waals surface area contributed by atoms with Gasteiger partial charge in [0.15, 0.2) is 0 Å². The van der Waals surface area contributed by atoms with Crippen molar-refractivity contribution in [3.63, 3.8) is 0 Å². The van der Waals surface area contributed by atoms with Crippen molar-refractivity contribution in [1.82, 2.24) is 14.5 Å². The number of aromatic nitrogens is 2. The monoisotopic (exact) mass is 305 g/mol. The van der Waals surface area contributed by atoms with Gasteiger partial charge in [-0.05, 0) is 17.7 Å². The molecule has 1 aromatic heterocycles. The number of hydrogen-bond donors (Lipinski definition) is 0. The number of fused-ring (bicyclic) bond motifs is 1. The van der Waals surface area contributed by atoms with Gasteiger partial charge < -0.3 is 4.57 Å². The topological polar surface area (TPSA) is 55.2 Å². The maximum absolute atomic E-state index is 12.7. The Labute approximate surface area is 133 Å². The lowest BCUT2D eigenvalue weighted by Crippen LogP contribution is -2.30. The molecule has 5 heteroatoms. The summed E-state index contributed by atoms with van der Waals surface area (Å²) in [5.41, 5.74) is 2.65. The Balaban J connectivity index is 1.65. The van der Waals surface area contributed by atoms with Crippen LogP contribution in [0.2, 0.25) is 0 Å². The molecule has 1 fully saturated rings. The highest BCUT2D eigenvalue weighted by Crippen LogP contribution is 2.29. The molecule has 1 atom stereocenters. The minimum atomic E-state index is -0.501. The second-order valence-electron chi connectivity index (χ2n) is 5.66. The number of amides is 2. The predicted molar refractivity (Wildman–Crippen MR) is 85.4 cm³/mol. The zero-order valence-electron chi connectivity index (χ0n) is 12.4. The predicted octanol–water partition coefficient (Wildman–Crippen LogP) is 2.54. The average Bonchev–Trinajstić information content (AvgIpc) is 3.12. The summed E-state index contributed by atoms with van der Waals surface area (Å²) in [6.45, 7) is 0.321. The lowest BCUT2D eigenvalue weighted by atomic mass is 10.2. The van der Waals surface area contributed by atoms with E-state index in [0.29, 0.717) is 6.54 Å². The number of imide groups is 1. The molecular formula is C18H15N3O2. The molecule has 0 N–H and O–H groups in total. The number of likely N-dealkylation sites (tertiary alicyclic amines) is 1. The Kier molecular flexibility index (Phi) is 3.19. The number of hydrogen-bond acceptors (Lipinski definition) is 3. The summed E-state index contributed by atoms with van der Waals surface area (Å²) < 4.78 is 1.81. The van der Waals surface area contributed by atoms with Gasteiger partial charge in [-0.1, -0.05) is 42.5 Å². The van der Waals surface area contributed by atoms with E-state index in [-0.39, 0.29) is 18.2 Å². The van der Waals surface area contributed by atoms with E-state index in [1.54, 1.807) is 10.9 Å². The van der Waals surface area contributed by atoms with Gasteiger partial charge in [-0.15, -0.1) is 0 Å². The van der Waals surface area contributed by atoms with Crippen LogP contribution in [-0.4, -0.2) is 26.3 Å². The first kappa shape index (κ1) is 13.7. The third kappa shape index (κ3) is 2.30. The molecule has 5 nitrogen and oxygen atoms in total. The van der Waals surface area contributed by atoms with Crippen LogP contribution in [0.3, 0.4) is 0 Å². The number of carbonyl (C=O) groups is 2. The maximum atomic E-state index is 12.7. The Hall–Kier alpha value is -2.95. The van der Waals surface area contributed by atoms with Crippen LogP contribution in [0.5, 0.6) is 0 Å². The Morgan fingerprint density at radius 3 is 2.57 bits per heavy atom. The molecule has 0 spiro atoms. The Bertz CT molecular complexity index is 885. The molecule has 2 heterocycles. The van der Waals surface area contributed by atoms with E-state index in [1.165, 1.54) is 4.90 Å². The van der Waals surface area contributed by atoms with Gasteiger partial charge in [-0.2, -0.15) is 0 Å². The third-order valence-corrected chi connectivity index (χ3v) is 4.22. The van der Waals surface area contributed by atoms with Gasteiger partial charge >= 0.3 is 0 Å². The summed E-state index contributed by atoms with van der Waals surface area (Å²) in [6, 6.07) is 16.7. The molecule has 3 aromatic rings. The summed E-state index contributed by atoms with van der Waals surface area (Å²) in [7, 11) is 0. The van der Waals surface area contributed by atoms with E-state index in [2.05, 4.69) is 4.98 Å². The summed E-state index contributed by atoms with van der Waals surface area (Å²) in [4.78, 5) is 30.7. The number of benzene rings is 2. The fourth-order valence-electron chi connectivity index (χ4n) is 3.04. The van der Waals surface area contributed by atoms with Crippen molar-refractivity contribution in [2.24, 2.45) is 0 Å². The first-order valence-electron chi connectivity index (χ1n) is 7.54. The van der Waals surface area contributed by atoms with Crippen LogP contribution in [0.25, 0.3) is 11.0 Å². The van der Waals surface area contributed by atoms with Crippen LogP contribution >= 0.6 is 0 Å². The highest BCUT2D eigenvalue weighted by Gasteiger charge is 2.40. The van der Waals surface area contributed by atoms with E-state index in [9.17, 15) is 9.59 Å². The van der Waals surface area contributed by atoms with Crippen molar-refractivity contribution in [1.29, 1.82) is 0 Å². The molecule has 0 radical (unpaired) electrons. The number of nitrogens with zero attached hydrogens (tertiary/aromatic N) is 3. The van der Waals surface area contributed by atoms with Gasteiger partial charge in [0.1, 0.15) is 6.04 Å². The molecule has 4 rings (SSSR count). The van der Waals surface area contributed by atoms with Crippen molar-refractivity contribution in [2.45, 2.75) is 19.0 Å². The smallest absolute Gasteiger partial charge is 0.253 e. The van der Waals surface area contributed by atoms with Crippen LogP contribution in [0.4, 0.5) is 0 Å². The van der Waals surface area contributed by atoms with Gasteiger partial charge in [0, 0.05) is 0 Å². The number of carbonyl (C=O) groups excluding carboxylic acids is 2.